The molecule has 2 aromatic carbocycles. The van der Waals surface area contributed by atoms with E-state index < -0.39 is 0 Å². The third-order valence-electron chi connectivity index (χ3n) is 5.30. The van der Waals surface area contributed by atoms with Gasteiger partial charge in [-0.25, -0.2) is 4.98 Å². The fourth-order valence-corrected chi connectivity index (χ4v) is 5.28. The van der Waals surface area contributed by atoms with E-state index in [1.807, 2.05) is 55.6 Å². The molecular formula is C25H25N3O2S2. The lowest BCUT2D eigenvalue weighted by atomic mass is 10.1. The highest BCUT2D eigenvalue weighted by Gasteiger charge is 2.17. The monoisotopic (exact) mass is 463 g/mol. The molecule has 0 unspecified atom stereocenters. The number of amides is 1. The van der Waals surface area contributed by atoms with Gasteiger partial charge in [-0.05, 0) is 43.5 Å². The summed E-state index contributed by atoms with van der Waals surface area (Å²) >= 11 is 2.71. The third kappa shape index (κ3) is 4.64. The van der Waals surface area contributed by atoms with Crippen LogP contribution in [0.25, 0.3) is 21.3 Å². The highest BCUT2D eigenvalue weighted by atomic mass is 32.2. The van der Waals surface area contributed by atoms with Crippen molar-refractivity contribution in [2.75, 3.05) is 11.1 Å². The Kier molecular flexibility index (Phi) is 6.77. The molecule has 0 bridgehead atoms. The van der Waals surface area contributed by atoms with E-state index in [0.29, 0.717) is 21.9 Å². The van der Waals surface area contributed by atoms with Gasteiger partial charge >= 0.3 is 0 Å². The Bertz CT molecular complexity index is 1310. The standard InChI is InChI=1S/C25H25N3O2S2/c1-4-17-8-12-19(13-9-17)26-21(29)15-32-25-27-22-20(18-10-6-16(3)7-11-18)14-31-23(22)24(30)28(25)5-2/h6-14H,4-5,15H2,1-3H3,(H,26,29). The van der Waals surface area contributed by atoms with E-state index in [4.69, 9.17) is 4.98 Å². The van der Waals surface area contributed by atoms with Gasteiger partial charge in [0.2, 0.25) is 5.91 Å². The molecule has 0 atom stereocenters. The van der Waals surface area contributed by atoms with Gasteiger partial charge in [0, 0.05) is 23.2 Å². The van der Waals surface area contributed by atoms with Gasteiger partial charge in [0.1, 0.15) is 4.70 Å². The van der Waals surface area contributed by atoms with E-state index in [1.165, 1.54) is 34.2 Å². The van der Waals surface area contributed by atoms with Crippen LogP contribution in [0, 0.1) is 6.92 Å². The van der Waals surface area contributed by atoms with Crippen LogP contribution < -0.4 is 10.9 Å². The Balaban J connectivity index is 1.59. The van der Waals surface area contributed by atoms with E-state index in [1.54, 1.807) is 4.57 Å². The van der Waals surface area contributed by atoms with Crippen LogP contribution >= 0.6 is 23.1 Å². The molecule has 4 aromatic rings. The fourth-order valence-electron chi connectivity index (χ4n) is 3.46. The Morgan fingerprint density at radius 3 is 2.47 bits per heavy atom. The van der Waals surface area contributed by atoms with Crippen LogP contribution in [0.1, 0.15) is 25.0 Å². The molecule has 2 aromatic heterocycles. The van der Waals surface area contributed by atoms with Crippen LogP contribution in [0.3, 0.4) is 0 Å². The van der Waals surface area contributed by atoms with Gasteiger partial charge in [-0.3, -0.25) is 14.2 Å². The van der Waals surface area contributed by atoms with Crippen LogP contribution in [0.2, 0.25) is 0 Å². The summed E-state index contributed by atoms with van der Waals surface area (Å²) < 4.78 is 2.29. The van der Waals surface area contributed by atoms with E-state index >= 15 is 0 Å². The number of aromatic nitrogens is 2. The van der Waals surface area contributed by atoms with Crippen molar-refractivity contribution in [2.45, 2.75) is 38.9 Å². The zero-order valence-corrected chi connectivity index (χ0v) is 20.0. The Labute approximate surface area is 195 Å². The summed E-state index contributed by atoms with van der Waals surface area (Å²) in [6.07, 6.45) is 0.958. The van der Waals surface area contributed by atoms with Crippen LogP contribution in [0.5, 0.6) is 0 Å². The number of thioether (sulfide) groups is 1. The Hall–Kier alpha value is -2.90. The summed E-state index contributed by atoms with van der Waals surface area (Å²) in [5.74, 6) is 0.0534. The van der Waals surface area contributed by atoms with E-state index in [0.717, 1.165) is 23.2 Å². The first-order valence-electron chi connectivity index (χ1n) is 10.6. The molecule has 1 N–H and O–H groups in total. The highest BCUT2D eigenvalue weighted by molar-refractivity contribution is 7.99. The van der Waals surface area contributed by atoms with Crippen LogP contribution in [-0.2, 0) is 17.8 Å². The minimum atomic E-state index is -0.125. The van der Waals surface area contributed by atoms with Gasteiger partial charge in [0.15, 0.2) is 5.16 Å². The normalized spacial score (nSPS) is 11.1. The number of fused-ring (bicyclic) bond motifs is 1. The Morgan fingerprint density at radius 2 is 1.81 bits per heavy atom. The number of benzene rings is 2. The number of nitrogens with one attached hydrogen (secondary N) is 1. The number of nitrogens with zero attached hydrogens (tertiary/aromatic N) is 2. The summed E-state index contributed by atoms with van der Waals surface area (Å²) in [4.78, 5) is 30.4. The lowest BCUT2D eigenvalue weighted by Gasteiger charge is -2.11. The minimum Gasteiger partial charge on any atom is -0.325 e. The molecule has 0 aliphatic rings. The van der Waals surface area contributed by atoms with Crippen molar-refractivity contribution in [3.63, 3.8) is 0 Å². The number of carbonyl (C=O) groups is 1. The molecule has 164 valence electrons. The predicted octanol–water partition coefficient (Wildman–Crippen LogP) is 5.75. The second-order valence-electron chi connectivity index (χ2n) is 7.52. The molecule has 7 heteroatoms. The SMILES string of the molecule is CCc1ccc(NC(=O)CSc2nc3c(-c4ccc(C)cc4)csc3c(=O)n2CC)cc1. The zero-order valence-electron chi connectivity index (χ0n) is 18.3. The van der Waals surface area contributed by atoms with Crippen molar-refractivity contribution in [2.24, 2.45) is 0 Å². The van der Waals surface area contributed by atoms with Gasteiger partial charge in [-0.1, -0.05) is 60.6 Å². The van der Waals surface area contributed by atoms with Crippen molar-refractivity contribution >= 4 is 44.9 Å². The maximum atomic E-state index is 13.1. The summed E-state index contributed by atoms with van der Waals surface area (Å²) in [7, 11) is 0. The molecule has 0 aliphatic carbocycles. The largest absolute Gasteiger partial charge is 0.325 e. The first-order valence-corrected chi connectivity index (χ1v) is 12.5. The zero-order chi connectivity index (χ0) is 22.7. The van der Waals surface area contributed by atoms with Gasteiger partial charge in [-0.15, -0.1) is 11.3 Å². The minimum absolute atomic E-state index is 0.0566. The number of thiophene rings is 1. The van der Waals surface area contributed by atoms with Gasteiger partial charge in [0.05, 0.1) is 11.3 Å². The van der Waals surface area contributed by atoms with Crippen molar-refractivity contribution in [1.29, 1.82) is 0 Å². The van der Waals surface area contributed by atoms with E-state index in [2.05, 4.69) is 24.4 Å². The molecule has 0 aliphatic heterocycles. The third-order valence-corrected chi connectivity index (χ3v) is 7.23. The maximum absolute atomic E-state index is 13.1. The van der Waals surface area contributed by atoms with Gasteiger partial charge in [0.25, 0.3) is 5.56 Å². The summed E-state index contributed by atoms with van der Waals surface area (Å²) in [6, 6.07) is 16.0. The predicted molar refractivity (Wildman–Crippen MR) is 135 cm³/mol. The fraction of sp³-hybridized carbons (Fsp3) is 0.240. The molecule has 0 fully saturated rings. The maximum Gasteiger partial charge on any atom is 0.272 e. The summed E-state index contributed by atoms with van der Waals surface area (Å²) in [6.45, 7) is 6.56. The quantitative estimate of drug-likeness (QED) is 0.280. The van der Waals surface area contributed by atoms with Gasteiger partial charge < -0.3 is 5.32 Å². The molecule has 5 nitrogen and oxygen atoms in total. The smallest absolute Gasteiger partial charge is 0.272 e. The molecule has 1 amide bonds. The summed E-state index contributed by atoms with van der Waals surface area (Å²) in [5, 5.41) is 5.47. The first-order chi connectivity index (χ1) is 15.5. The van der Waals surface area contributed by atoms with E-state index in [-0.39, 0.29) is 17.2 Å². The average Bonchev–Trinajstić information content (AvgIpc) is 3.23. The van der Waals surface area contributed by atoms with Crippen molar-refractivity contribution in [3.8, 4) is 11.1 Å². The lowest BCUT2D eigenvalue weighted by Crippen LogP contribution is -2.22. The molecule has 0 saturated carbocycles. The number of carbonyl (C=O) groups excluding carboxylic acids is 1. The molecule has 0 spiro atoms. The van der Waals surface area contributed by atoms with E-state index in [9.17, 15) is 9.59 Å². The van der Waals surface area contributed by atoms with Crippen LogP contribution in [0.4, 0.5) is 5.69 Å². The van der Waals surface area contributed by atoms with Gasteiger partial charge in [-0.2, -0.15) is 0 Å². The highest BCUT2D eigenvalue weighted by Crippen LogP contribution is 2.32. The molecule has 0 saturated heterocycles. The number of hydrogen-bond acceptors (Lipinski definition) is 5. The number of hydrogen-bond donors (Lipinski definition) is 1. The molecule has 0 radical (unpaired) electrons. The lowest BCUT2D eigenvalue weighted by molar-refractivity contribution is -0.113. The number of anilines is 1. The topological polar surface area (TPSA) is 64.0 Å². The summed E-state index contributed by atoms with van der Waals surface area (Å²) in [5.41, 5.74) is 5.80. The van der Waals surface area contributed by atoms with Crippen LogP contribution in [0.15, 0.2) is 63.9 Å². The molecular weight excluding hydrogens is 438 g/mol. The van der Waals surface area contributed by atoms with Crippen molar-refractivity contribution < 1.29 is 4.79 Å². The number of aryl methyl sites for hydroxylation is 2. The number of rotatable bonds is 7. The second kappa shape index (κ2) is 9.71. The van der Waals surface area contributed by atoms with Crippen LogP contribution in [-0.4, -0.2) is 21.2 Å². The van der Waals surface area contributed by atoms with Crippen molar-refractivity contribution in [1.82, 2.24) is 9.55 Å². The molecule has 2 heterocycles. The van der Waals surface area contributed by atoms with Crippen molar-refractivity contribution in [3.05, 3.63) is 75.4 Å². The Morgan fingerprint density at radius 1 is 1.09 bits per heavy atom. The first kappa shape index (κ1) is 22.3. The second-order valence-corrected chi connectivity index (χ2v) is 9.35. The molecule has 32 heavy (non-hydrogen) atoms. The average molecular weight is 464 g/mol. The molecule has 4 rings (SSSR count).